The maximum Gasteiger partial charge on any atom is 0.311 e. The minimum atomic E-state index is -0.415. The zero-order valence-corrected chi connectivity index (χ0v) is 13.9. The molecule has 2 rings (SSSR count). The van der Waals surface area contributed by atoms with E-state index in [9.17, 15) is 9.59 Å². The van der Waals surface area contributed by atoms with Gasteiger partial charge in [-0.3, -0.25) is 9.59 Å². The summed E-state index contributed by atoms with van der Waals surface area (Å²) in [6.07, 6.45) is 2.03. The standard InChI is InChI=1S/C15H16N2O3S2/c1-20-14(19)8-11-7-13(18)17-15(16-11)22-9-10-3-5-12(21-2)6-4-10/h3-7H,8-9H2,1-2H3,(H,16,17,18). The molecule has 5 nitrogen and oxygen atoms in total. The molecular formula is C15H16N2O3S2. The number of carbonyl (C=O) groups excluding carboxylic acids is 1. The number of thioether (sulfide) groups is 2. The molecule has 0 amide bonds. The van der Waals surface area contributed by atoms with Gasteiger partial charge in [0.15, 0.2) is 5.16 Å². The average Bonchev–Trinajstić information content (AvgIpc) is 2.52. The number of nitrogens with zero attached hydrogens (tertiary/aromatic N) is 1. The second kappa shape index (κ2) is 8.05. The maximum absolute atomic E-state index is 11.6. The fourth-order valence-electron chi connectivity index (χ4n) is 1.74. The van der Waals surface area contributed by atoms with Gasteiger partial charge in [0.25, 0.3) is 5.56 Å². The molecule has 0 saturated carbocycles. The fourth-order valence-corrected chi connectivity index (χ4v) is 2.99. The van der Waals surface area contributed by atoms with E-state index < -0.39 is 5.97 Å². The van der Waals surface area contributed by atoms with Crippen LogP contribution >= 0.6 is 23.5 Å². The highest BCUT2D eigenvalue weighted by Crippen LogP contribution is 2.21. The molecule has 0 atom stereocenters. The van der Waals surface area contributed by atoms with E-state index in [1.165, 1.54) is 29.8 Å². The van der Waals surface area contributed by atoms with Crippen molar-refractivity contribution in [2.24, 2.45) is 0 Å². The van der Waals surface area contributed by atoms with Gasteiger partial charge in [0.05, 0.1) is 19.2 Å². The second-order valence-electron chi connectivity index (χ2n) is 4.43. The summed E-state index contributed by atoms with van der Waals surface area (Å²) >= 11 is 3.12. The Morgan fingerprint density at radius 1 is 1.32 bits per heavy atom. The Morgan fingerprint density at radius 3 is 2.68 bits per heavy atom. The van der Waals surface area contributed by atoms with Crippen molar-refractivity contribution in [2.45, 2.75) is 22.2 Å². The molecule has 1 aromatic carbocycles. The molecule has 0 unspecified atom stereocenters. The summed E-state index contributed by atoms with van der Waals surface area (Å²) in [7, 11) is 1.31. The summed E-state index contributed by atoms with van der Waals surface area (Å²) in [6.45, 7) is 0. The van der Waals surface area contributed by atoms with Crippen LogP contribution < -0.4 is 5.56 Å². The zero-order chi connectivity index (χ0) is 15.9. The summed E-state index contributed by atoms with van der Waals surface area (Å²) in [5, 5.41) is 0.500. The van der Waals surface area contributed by atoms with E-state index in [0.717, 1.165) is 5.56 Å². The third-order valence-electron chi connectivity index (χ3n) is 2.86. The number of methoxy groups -OCH3 is 1. The molecule has 1 aromatic heterocycles. The molecule has 22 heavy (non-hydrogen) atoms. The summed E-state index contributed by atoms with van der Waals surface area (Å²) in [4.78, 5) is 31.0. The van der Waals surface area contributed by atoms with Gasteiger partial charge in [-0.15, -0.1) is 11.8 Å². The van der Waals surface area contributed by atoms with Gasteiger partial charge in [0.1, 0.15) is 0 Å². The number of ether oxygens (including phenoxy) is 1. The number of hydrogen-bond donors (Lipinski definition) is 1. The van der Waals surface area contributed by atoms with Crippen LogP contribution in [0.15, 0.2) is 45.2 Å². The van der Waals surface area contributed by atoms with E-state index in [-0.39, 0.29) is 12.0 Å². The van der Waals surface area contributed by atoms with Crippen LogP contribution in [0.25, 0.3) is 0 Å². The second-order valence-corrected chi connectivity index (χ2v) is 6.28. The molecule has 0 aliphatic carbocycles. The van der Waals surface area contributed by atoms with Crippen molar-refractivity contribution in [1.82, 2.24) is 9.97 Å². The predicted octanol–water partition coefficient (Wildman–Crippen LogP) is 2.50. The number of aromatic nitrogens is 2. The van der Waals surface area contributed by atoms with Gasteiger partial charge in [-0.05, 0) is 24.0 Å². The highest BCUT2D eigenvalue weighted by Gasteiger charge is 2.08. The normalized spacial score (nSPS) is 10.5. The molecule has 0 bridgehead atoms. The van der Waals surface area contributed by atoms with Crippen LogP contribution in [0, 0.1) is 0 Å². The third kappa shape index (κ3) is 4.92. The maximum atomic E-state index is 11.6. The first kappa shape index (κ1) is 16.6. The Balaban J connectivity index is 2.05. The zero-order valence-electron chi connectivity index (χ0n) is 12.3. The smallest absolute Gasteiger partial charge is 0.311 e. The molecule has 1 heterocycles. The lowest BCUT2D eigenvalue weighted by atomic mass is 10.2. The first-order valence-corrected chi connectivity index (χ1v) is 8.74. The Morgan fingerprint density at radius 2 is 2.05 bits per heavy atom. The molecule has 0 aliphatic heterocycles. The topological polar surface area (TPSA) is 72.1 Å². The molecule has 0 spiro atoms. The number of benzene rings is 1. The van der Waals surface area contributed by atoms with Crippen molar-refractivity contribution in [1.29, 1.82) is 0 Å². The molecular weight excluding hydrogens is 320 g/mol. The summed E-state index contributed by atoms with van der Waals surface area (Å²) < 4.78 is 4.59. The van der Waals surface area contributed by atoms with Gasteiger partial charge in [0.2, 0.25) is 0 Å². The van der Waals surface area contributed by atoms with E-state index in [1.54, 1.807) is 11.8 Å². The van der Waals surface area contributed by atoms with Crippen LogP contribution in [0.3, 0.4) is 0 Å². The van der Waals surface area contributed by atoms with Gasteiger partial charge < -0.3 is 9.72 Å². The van der Waals surface area contributed by atoms with Crippen LogP contribution in [-0.2, 0) is 21.7 Å². The quantitative estimate of drug-likeness (QED) is 0.496. The monoisotopic (exact) mass is 336 g/mol. The number of rotatable bonds is 6. The van der Waals surface area contributed by atoms with Crippen LogP contribution in [0.5, 0.6) is 0 Å². The van der Waals surface area contributed by atoms with Crippen molar-refractivity contribution in [2.75, 3.05) is 13.4 Å². The van der Waals surface area contributed by atoms with Crippen LogP contribution in [0.2, 0.25) is 0 Å². The van der Waals surface area contributed by atoms with Crippen molar-refractivity contribution < 1.29 is 9.53 Å². The average molecular weight is 336 g/mol. The van der Waals surface area contributed by atoms with Gasteiger partial charge in [-0.25, -0.2) is 4.98 Å². The molecule has 0 aliphatic rings. The first-order valence-electron chi connectivity index (χ1n) is 6.53. The van der Waals surface area contributed by atoms with Crippen LogP contribution in [0.1, 0.15) is 11.3 Å². The lowest BCUT2D eigenvalue weighted by Gasteiger charge is -2.04. The number of carbonyl (C=O) groups is 1. The number of nitrogens with one attached hydrogen (secondary N) is 1. The molecule has 0 fully saturated rings. The number of aromatic amines is 1. The van der Waals surface area contributed by atoms with Gasteiger partial charge in [-0.1, -0.05) is 23.9 Å². The minimum absolute atomic E-state index is 0.00357. The lowest BCUT2D eigenvalue weighted by Crippen LogP contribution is -2.13. The van der Waals surface area contributed by atoms with E-state index in [1.807, 2.05) is 6.26 Å². The SMILES string of the molecule is COC(=O)Cc1cc(=O)[nH]c(SCc2ccc(SC)cc2)n1. The summed E-state index contributed by atoms with van der Waals surface area (Å²) in [5.41, 5.74) is 1.29. The van der Waals surface area contributed by atoms with E-state index in [4.69, 9.17) is 0 Å². The Hall–Kier alpha value is -1.73. The fraction of sp³-hybridized carbons (Fsp3) is 0.267. The van der Waals surface area contributed by atoms with Gasteiger partial charge in [0, 0.05) is 16.7 Å². The van der Waals surface area contributed by atoms with E-state index in [2.05, 4.69) is 39.0 Å². The molecule has 0 saturated heterocycles. The Bertz CT molecular complexity index is 699. The van der Waals surface area contributed by atoms with Crippen molar-refractivity contribution in [3.05, 3.63) is 51.9 Å². The highest BCUT2D eigenvalue weighted by atomic mass is 32.2. The number of hydrogen-bond acceptors (Lipinski definition) is 6. The first-order chi connectivity index (χ1) is 10.6. The van der Waals surface area contributed by atoms with Crippen LogP contribution in [0.4, 0.5) is 0 Å². The van der Waals surface area contributed by atoms with E-state index >= 15 is 0 Å². The van der Waals surface area contributed by atoms with Crippen molar-refractivity contribution >= 4 is 29.5 Å². The van der Waals surface area contributed by atoms with Crippen molar-refractivity contribution in [3.63, 3.8) is 0 Å². The predicted molar refractivity (Wildman–Crippen MR) is 88.4 cm³/mol. The minimum Gasteiger partial charge on any atom is -0.469 e. The Labute approximate surface area is 136 Å². The molecule has 1 N–H and O–H groups in total. The van der Waals surface area contributed by atoms with Gasteiger partial charge in [-0.2, -0.15) is 0 Å². The number of esters is 1. The van der Waals surface area contributed by atoms with Crippen LogP contribution in [-0.4, -0.2) is 29.3 Å². The molecule has 2 aromatic rings. The lowest BCUT2D eigenvalue weighted by molar-refractivity contribution is -0.139. The molecule has 7 heteroatoms. The molecule has 0 radical (unpaired) electrons. The molecule has 116 valence electrons. The van der Waals surface area contributed by atoms with Crippen molar-refractivity contribution in [3.8, 4) is 0 Å². The Kier molecular flexibility index (Phi) is 6.09. The third-order valence-corrected chi connectivity index (χ3v) is 4.55. The summed E-state index contributed by atoms with van der Waals surface area (Å²) in [5.74, 6) is 0.279. The largest absolute Gasteiger partial charge is 0.469 e. The van der Waals surface area contributed by atoms with Gasteiger partial charge >= 0.3 is 5.97 Å². The van der Waals surface area contributed by atoms with E-state index in [0.29, 0.717) is 16.6 Å². The highest BCUT2D eigenvalue weighted by molar-refractivity contribution is 7.98. The number of H-pyrrole nitrogens is 1. The summed E-state index contributed by atoms with van der Waals surface area (Å²) in [6, 6.07) is 9.54.